The van der Waals surface area contributed by atoms with E-state index in [0.29, 0.717) is 36.8 Å². The van der Waals surface area contributed by atoms with Crippen LogP contribution in [0.1, 0.15) is 38.8 Å². The van der Waals surface area contributed by atoms with Gasteiger partial charge in [0.05, 0.1) is 19.3 Å². The molecule has 0 radical (unpaired) electrons. The van der Waals surface area contributed by atoms with Crippen LogP contribution >= 0.6 is 12.2 Å². The second kappa shape index (κ2) is 10.8. The number of rotatable bonds is 10. The molecule has 0 fully saturated rings. The predicted molar refractivity (Wildman–Crippen MR) is 123 cm³/mol. The lowest BCUT2D eigenvalue weighted by Crippen LogP contribution is -2.27. The molecular formula is C23H28N4O3S. The third-order valence-corrected chi connectivity index (χ3v) is 5.12. The Morgan fingerprint density at radius 3 is 2.23 bits per heavy atom. The molecule has 1 atom stereocenters. The first-order valence-corrected chi connectivity index (χ1v) is 10.8. The van der Waals surface area contributed by atoms with Gasteiger partial charge in [-0.05, 0) is 75.0 Å². The van der Waals surface area contributed by atoms with Crippen LogP contribution in [0.4, 0.5) is 0 Å². The number of nitrogens with one attached hydrogen (secondary N) is 2. The number of benzene rings is 2. The van der Waals surface area contributed by atoms with Gasteiger partial charge in [-0.3, -0.25) is 14.5 Å². The van der Waals surface area contributed by atoms with Crippen LogP contribution in [0, 0.1) is 4.77 Å². The lowest BCUT2D eigenvalue weighted by atomic mass is 10.1. The first kappa shape index (κ1) is 22.6. The van der Waals surface area contributed by atoms with Crippen molar-refractivity contribution in [2.75, 3.05) is 13.2 Å². The molecule has 7 nitrogen and oxygen atoms in total. The molecule has 0 aliphatic rings. The monoisotopic (exact) mass is 440 g/mol. The summed E-state index contributed by atoms with van der Waals surface area (Å²) in [6.07, 6.45) is 0.291. The number of carbonyl (C=O) groups excluding carboxylic acids is 1. The van der Waals surface area contributed by atoms with Gasteiger partial charge in [-0.1, -0.05) is 12.1 Å². The highest BCUT2D eigenvalue weighted by Gasteiger charge is 2.13. The molecule has 1 heterocycles. The Hall–Kier alpha value is -3.13. The molecule has 31 heavy (non-hydrogen) atoms. The highest BCUT2D eigenvalue weighted by Crippen LogP contribution is 2.22. The summed E-state index contributed by atoms with van der Waals surface area (Å²) in [7, 11) is 0. The Labute approximate surface area is 187 Å². The van der Waals surface area contributed by atoms with Gasteiger partial charge in [-0.15, -0.1) is 0 Å². The summed E-state index contributed by atoms with van der Waals surface area (Å²) in [6, 6.07) is 15.3. The van der Waals surface area contributed by atoms with Gasteiger partial charge in [0.15, 0.2) is 10.6 Å². The van der Waals surface area contributed by atoms with Crippen LogP contribution < -0.4 is 14.8 Å². The van der Waals surface area contributed by atoms with Crippen molar-refractivity contribution >= 4 is 18.1 Å². The summed E-state index contributed by atoms with van der Waals surface area (Å²) in [6.45, 7) is 7.52. The van der Waals surface area contributed by atoms with E-state index >= 15 is 0 Å². The molecule has 0 spiro atoms. The van der Waals surface area contributed by atoms with Crippen LogP contribution in [-0.4, -0.2) is 33.9 Å². The van der Waals surface area contributed by atoms with E-state index < -0.39 is 0 Å². The highest BCUT2D eigenvalue weighted by molar-refractivity contribution is 7.71. The standard InChI is InChI=1S/C23H28N4O3S/c1-4-29-19-10-6-17(7-11-19)16(3)24-21(28)14-15-27-22(25-26-23(27)31)18-8-12-20(13-9-18)30-5-2/h6-13,16H,4-5,14-15H2,1-3H3,(H,24,28)(H,26,31). The molecule has 0 bridgehead atoms. The SMILES string of the molecule is CCOc1ccc(-c2n[nH]c(=S)n2CCC(=O)NC(C)c2ccc(OCC)cc2)cc1. The van der Waals surface area contributed by atoms with Crippen LogP contribution in [-0.2, 0) is 11.3 Å². The molecule has 3 aromatic rings. The van der Waals surface area contributed by atoms with Gasteiger partial charge < -0.3 is 14.8 Å². The molecule has 0 saturated carbocycles. The third-order valence-electron chi connectivity index (χ3n) is 4.81. The minimum absolute atomic E-state index is 0.0536. The van der Waals surface area contributed by atoms with Gasteiger partial charge in [0.1, 0.15) is 11.5 Å². The predicted octanol–water partition coefficient (Wildman–Crippen LogP) is 4.67. The van der Waals surface area contributed by atoms with Gasteiger partial charge in [-0.2, -0.15) is 5.10 Å². The fourth-order valence-electron chi connectivity index (χ4n) is 3.24. The molecule has 2 N–H and O–H groups in total. The molecule has 1 unspecified atom stereocenters. The maximum Gasteiger partial charge on any atom is 0.222 e. The Morgan fingerprint density at radius 2 is 1.65 bits per heavy atom. The van der Waals surface area contributed by atoms with Crippen molar-refractivity contribution < 1.29 is 14.3 Å². The van der Waals surface area contributed by atoms with E-state index in [1.54, 1.807) is 0 Å². The van der Waals surface area contributed by atoms with Crippen molar-refractivity contribution in [1.29, 1.82) is 0 Å². The maximum atomic E-state index is 12.5. The lowest BCUT2D eigenvalue weighted by Gasteiger charge is -2.15. The topological polar surface area (TPSA) is 81.2 Å². The zero-order valence-corrected chi connectivity index (χ0v) is 18.9. The fraction of sp³-hybridized carbons (Fsp3) is 0.348. The van der Waals surface area contributed by atoms with Gasteiger partial charge in [-0.25, -0.2) is 0 Å². The van der Waals surface area contributed by atoms with Crippen LogP contribution in [0.2, 0.25) is 0 Å². The van der Waals surface area contributed by atoms with E-state index in [1.807, 2.05) is 73.9 Å². The molecule has 0 aliphatic heterocycles. The molecule has 3 rings (SSSR count). The average Bonchev–Trinajstić information content (AvgIpc) is 3.14. The first-order valence-electron chi connectivity index (χ1n) is 10.4. The van der Waals surface area contributed by atoms with Crippen LogP contribution in [0.5, 0.6) is 11.5 Å². The van der Waals surface area contributed by atoms with Gasteiger partial charge >= 0.3 is 0 Å². The second-order valence-electron chi connectivity index (χ2n) is 7.00. The van der Waals surface area contributed by atoms with Crippen LogP contribution in [0.25, 0.3) is 11.4 Å². The lowest BCUT2D eigenvalue weighted by molar-refractivity contribution is -0.121. The Morgan fingerprint density at radius 1 is 1.06 bits per heavy atom. The normalized spacial score (nSPS) is 11.7. The minimum atomic E-state index is -0.105. The summed E-state index contributed by atoms with van der Waals surface area (Å²) >= 11 is 5.37. The van der Waals surface area contributed by atoms with E-state index in [-0.39, 0.29) is 11.9 Å². The average molecular weight is 441 g/mol. The molecule has 1 aromatic heterocycles. The van der Waals surface area contributed by atoms with Crippen LogP contribution in [0.15, 0.2) is 48.5 Å². The van der Waals surface area contributed by atoms with E-state index in [0.717, 1.165) is 22.6 Å². The van der Waals surface area contributed by atoms with E-state index in [4.69, 9.17) is 21.7 Å². The van der Waals surface area contributed by atoms with Gasteiger partial charge in [0.25, 0.3) is 0 Å². The van der Waals surface area contributed by atoms with E-state index in [2.05, 4.69) is 15.5 Å². The Balaban J connectivity index is 1.61. The number of H-pyrrole nitrogens is 1. The maximum absolute atomic E-state index is 12.5. The number of amides is 1. The number of hydrogen-bond donors (Lipinski definition) is 2. The summed E-state index contributed by atoms with van der Waals surface area (Å²) in [5.74, 6) is 2.26. The second-order valence-corrected chi connectivity index (χ2v) is 7.39. The molecule has 1 amide bonds. The Bertz CT molecular complexity index is 1040. The van der Waals surface area contributed by atoms with Crippen molar-refractivity contribution in [2.45, 2.75) is 39.8 Å². The zero-order chi connectivity index (χ0) is 22.2. The highest BCUT2D eigenvalue weighted by atomic mass is 32.1. The molecule has 0 saturated heterocycles. The number of nitrogens with zero attached hydrogens (tertiary/aromatic N) is 2. The largest absolute Gasteiger partial charge is 0.494 e. The first-order chi connectivity index (χ1) is 15.0. The fourth-order valence-corrected chi connectivity index (χ4v) is 3.47. The quantitative estimate of drug-likeness (QED) is 0.448. The Kier molecular flexibility index (Phi) is 7.83. The van der Waals surface area contributed by atoms with E-state index in [9.17, 15) is 4.79 Å². The minimum Gasteiger partial charge on any atom is -0.494 e. The third kappa shape index (κ3) is 5.95. The number of hydrogen-bond acceptors (Lipinski definition) is 5. The smallest absolute Gasteiger partial charge is 0.222 e. The molecular weight excluding hydrogens is 412 g/mol. The van der Waals surface area contributed by atoms with Crippen molar-refractivity contribution in [3.05, 3.63) is 58.9 Å². The summed E-state index contributed by atoms with van der Waals surface area (Å²) < 4.78 is 13.3. The number of carbonyl (C=O) groups is 1. The number of aromatic nitrogens is 3. The van der Waals surface area contributed by atoms with Crippen molar-refractivity contribution in [1.82, 2.24) is 20.1 Å². The number of aromatic amines is 1. The molecule has 2 aromatic carbocycles. The molecule has 8 heteroatoms. The van der Waals surface area contributed by atoms with Crippen molar-refractivity contribution in [2.24, 2.45) is 0 Å². The summed E-state index contributed by atoms with van der Waals surface area (Å²) in [4.78, 5) is 12.5. The zero-order valence-electron chi connectivity index (χ0n) is 18.1. The molecule has 164 valence electrons. The molecule has 0 aliphatic carbocycles. The summed E-state index contributed by atoms with van der Waals surface area (Å²) in [5, 5.41) is 10.2. The summed E-state index contributed by atoms with van der Waals surface area (Å²) in [5.41, 5.74) is 1.92. The van der Waals surface area contributed by atoms with Gasteiger partial charge in [0.2, 0.25) is 5.91 Å². The number of ether oxygens (including phenoxy) is 2. The van der Waals surface area contributed by atoms with Crippen LogP contribution in [0.3, 0.4) is 0 Å². The van der Waals surface area contributed by atoms with Gasteiger partial charge in [0, 0.05) is 18.5 Å². The van der Waals surface area contributed by atoms with Crippen molar-refractivity contribution in [3.63, 3.8) is 0 Å². The van der Waals surface area contributed by atoms with E-state index in [1.165, 1.54) is 0 Å². The van der Waals surface area contributed by atoms with Crippen molar-refractivity contribution in [3.8, 4) is 22.9 Å².